The van der Waals surface area contributed by atoms with Crippen LogP contribution < -0.4 is 5.73 Å². The summed E-state index contributed by atoms with van der Waals surface area (Å²) in [6.45, 7) is 8.12. The Kier molecular flexibility index (Phi) is 8.82. The minimum atomic E-state index is -0.843. The topological polar surface area (TPSA) is 126 Å². The van der Waals surface area contributed by atoms with Gasteiger partial charge in [-0.1, -0.05) is 33.8 Å². The molecule has 0 aromatic carbocycles. The van der Waals surface area contributed by atoms with Gasteiger partial charge in [0.1, 0.15) is 6.04 Å². The van der Waals surface area contributed by atoms with E-state index < -0.39 is 24.2 Å². The van der Waals surface area contributed by atoms with Crippen molar-refractivity contribution >= 4 is 23.6 Å². The van der Waals surface area contributed by atoms with Gasteiger partial charge in [0.2, 0.25) is 17.7 Å². The van der Waals surface area contributed by atoms with E-state index in [4.69, 9.17) is 10.6 Å². The standard InChI is InChI=1S/C25H37N5O5/c1-16(2)13-19-24(33)28(12-10-21(26)31)15-22-29(19)25(34)20(14-17(3)4)35-30(22)23(32)9-8-18-7-5-6-11-27-18/h5-7,11,16-17,19-20,22H,8-10,12-15H2,1-4H3,(H2,26,31)/t19-,20+,22?/m0/s1. The number of carbonyl (C=O) groups excluding carboxylic acids is 4. The fraction of sp³-hybridized carbons (Fsp3) is 0.640. The fourth-order valence-corrected chi connectivity index (χ4v) is 4.61. The number of hydrogen-bond acceptors (Lipinski definition) is 6. The van der Waals surface area contributed by atoms with Gasteiger partial charge in [-0.3, -0.25) is 29.0 Å². The van der Waals surface area contributed by atoms with E-state index in [0.717, 1.165) is 5.69 Å². The molecule has 2 N–H and O–H groups in total. The Labute approximate surface area is 206 Å². The molecular formula is C25H37N5O5. The summed E-state index contributed by atoms with van der Waals surface area (Å²) in [5, 5.41) is 1.29. The minimum absolute atomic E-state index is 0.00522. The van der Waals surface area contributed by atoms with Gasteiger partial charge in [0, 0.05) is 31.3 Å². The molecule has 3 heterocycles. The Morgan fingerprint density at radius 2 is 1.80 bits per heavy atom. The van der Waals surface area contributed by atoms with Gasteiger partial charge >= 0.3 is 0 Å². The smallest absolute Gasteiger partial charge is 0.256 e. The number of aromatic nitrogens is 1. The van der Waals surface area contributed by atoms with Crippen LogP contribution in [0.3, 0.4) is 0 Å². The number of primary amides is 1. The highest BCUT2D eigenvalue weighted by Crippen LogP contribution is 2.32. The largest absolute Gasteiger partial charge is 0.370 e. The number of pyridine rings is 1. The number of hydroxylamine groups is 2. The molecule has 1 unspecified atom stereocenters. The van der Waals surface area contributed by atoms with E-state index in [1.54, 1.807) is 11.1 Å². The minimum Gasteiger partial charge on any atom is -0.370 e. The number of nitrogens with zero attached hydrogens (tertiary/aromatic N) is 4. The molecule has 192 valence electrons. The van der Waals surface area contributed by atoms with E-state index in [0.29, 0.717) is 19.3 Å². The third-order valence-electron chi connectivity index (χ3n) is 6.25. The first kappa shape index (κ1) is 26.6. The molecule has 10 heteroatoms. The lowest BCUT2D eigenvalue weighted by Gasteiger charge is -2.53. The zero-order valence-electron chi connectivity index (χ0n) is 21.1. The van der Waals surface area contributed by atoms with Gasteiger partial charge in [-0.25, -0.2) is 0 Å². The molecule has 1 aromatic heterocycles. The molecule has 35 heavy (non-hydrogen) atoms. The van der Waals surface area contributed by atoms with Gasteiger partial charge in [-0.2, -0.15) is 5.06 Å². The molecule has 0 aliphatic carbocycles. The van der Waals surface area contributed by atoms with Gasteiger partial charge in [-0.05, 0) is 43.2 Å². The first-order chi connectivity index (χ1) is 16.6. The number of nitrogens with two attached hydrogens (primary N) is 1. The lowest BCUT2D eigenvalue weighted by molar-refractivity contribution is -0.277. The highest BCUT2D eigenvalue weighted by molar-refractivity contribution is 5.92. The molecule has 3 rings (SSSR count). The maximum atomic E-state index is 13.6. The Bertz CT molecular complexity index is 922. The van der Waals surface area contributed by atoms with Crippen LogP contribution in [0, 0.1) is 11.8 Å². The lowest BCUT2D eigenvalue weighted by Crippen LogP contribution is -2.73. The number of rotatable bonds is 10. The van der Waals surface area contributed by atoms with Gasteiger partial charge < -0.3 is 15.5 Å². The number of fused-ring (bicyclic) bond motifs is 1. The quantitative estimate of drug-likeness (QED) is 0.533. The first-order valence-corrected chi connectivity index (χ1v) is 12.4. The molecule has 0 radical (unpaired) electrons. The van der Waals surface area contributed by atoms with Crippen molar-refractivity contribution in [2.45, 2.75) is 78.1 Å². The van der Waals surface area contributed by atoms with Gasteiger partial charge in [0.25, 0.3) is 5.91 Å². The van der Waals surface area contributed by atoms with Crippen molar-refractivity contribution in [1.82, 2.24) is 19.8 Å². The fourth-order valence-electron chi connectivity index (χ4n) is 4.61. The Hall–Kier alpha value is -3.01. The molecule has 2 fully saturated rings. The average molecular weight is 488 g/mol. The highest BCUT2D eigenvalue weighted by Gasteiger charge is 2.52. The van der Waals surface area contributed by atoms with E-state index >= 15 is 0 Å². The molecule has 2 aliphatic rings. The monoisotopic (exact) mass is 487 g/mol. The predicted octanol–water partition coefficient (Wildman–Crippen LogP) is 1.49. The van der Waals surface area contributed by atoms with Crippen LogP contribution in [0.2, 0.25) is 0 Å². The van der Waals surface area contributed by atoms with E-state index in [-0.39, 0.29) is 55.5 Å². The van der Waals surface area contributed by atoms with E-state index in [1.165, 1.54) is 9.96 Å². The van der Waals surface area contributed by atoms with Gasteiger partial charge in [-0.15, -0.1) is 0 Å². The summed E-state index contributed by atoms with van der Waals surface area (Å²) < 4.78 is 0. The van der Waals surface area contributed by atoms with Crippen LogP contribution in [0.4, 0.5) is 0 Å². The second-order valence-electron chi connectivity index (χ2n) is 10.1. The van der Waals surface area contributed by atoms with Crippen molar-refractivity contribution in [3.05, 3.63) is 30.1 Å². The van der Waals surface area contributed by atoms with Crippen LogP contribution in [0.5, 0.6) is 0 Å². The van der Waals surface area contributed by atoms with Crippen molar-refractivity contribution < 1.29 is 24.0 Å². The number of amides is 4. The number of carbonyl (C=O) groups is 4. The summed E-state index contributed by atoms with van der Waals surface area (Å²) in [5.74, 6) is -1.01. The second kappa shape index (κ2) is 11.6. The summed E-state index contributed by atoms with van der Waals surface area (Å²) in [6, 6.07) is 4.79. The lowest BCUT2D eigenvalue weighted by atomic mass is 9.95. The van der Waals surface area contributed by atoms with Crippen LogP contribution in [-0.4, -0.2) is 74.9 Å². The maximum Gasteiger partial charge on any atom is 0.256 e. The van der Waals surface area contributed by atoms with Crippen molar-refractivity contribution in [3.8, 4) is 0 Å². The highest BCUT2D eigenvalue weighted by atomic mass is 16.7. The molecule has 3 atom stereocenters. The van der Waals surface area contributed by atoms with Crippen molar-refractivity contribution in [1.29, 1.82) is 0 Å². The SMILES string of the molecule is CC(C)C[C@H]1ON(C(=O)CCc2ccccn2)C2CN(CCC(N)=O)C(=O)[C@H](CC(C)C)N2C1=O. The molecule has 0 saturated carbocycles. The van der Waals surface area contributed by atoms with E-state index in [9.17, 15) is 19.2 Å². The summed E-state index contributed by atoms with van der Waals surface area (Å²) in [7, 11) is 0. The summed E-state index contributed by atoms with van der Waals surface area (Å²) >= 11 is 0. The van der Waals surface area contributed by atoms with Crippen molar-refractivity contribution in [3.63, 3.8) is 0 Å². The molecule has 2 saturated heterocycles. The average Bonchev–Trinajstić information content (AvgIpc) is 2.79. The molecular weight excluding hydrogens is 450 g/mol. The van der Waals surface area contributed by atoms with E-state index in [1.807, 2.05) is 45.9 Å². The molecule has 10 nitrogen and oxygen atoms in total. The van der Waals surface area contributed by atoms with Crippen LogP contribution in [0.15, 0.2) is 24.4 Å². The summed E-state index contributed by atoms with van der Waals surface area (Å²) in [5.41, 5.74) is 6.10. The number of aryl methyl sites for hydroxylation is 1. The second-order valence-corrected chi connectivity index (χ2v) is 10.1. The number of hydrogen-bond donors (Lipinski definition) is 1. The van der Waals surface area contributed by atoms with Crippen LogP contribution in [-0.2, 0) is 30.4 Å². The molecule has 0 bridgehead atoms. The third kappa shape index (κ3) is 6.56. The van der Waals surface area contributed by atoms with Crippen LogP contribution in [0.1, 0.15) is 59.1 Å². The Morgan fingerprint density at radius 1 is 1.09 bits per heavy atom. The summed E-state index contributed by atoms with van der Waals surface area (Å²) in [4.78, 5) is 65.2. The molecule has 2 aliphatic heterocycles. The van der Waals surface area contributed by atoms with Gasteiger partial charge in [0.05, 0.1) is 6.54 Å². The van der Waals surface area contributed by atoms with Crippen molar-refractivity contribution in [2.75, 3.05) is 13.1 Å². The first-order valence-electron chi connectivity index (χ1n) is 12.4. The van der Waals surface area contributed by atoms with Crippen LogP contribution in [0.25, 0.3) is 0 Å². The normalized spacial score (nSPS) is 22.7. The van der Waals surface area contributed by atoms with Gasteiger partial charge in [0.15, 0.2) is 12.3 Å². The number of piperazine rings is 1. The third-order valence-corrected chi connectivity index (χ3v) is 6.25. The molecule has 1 aromatic rings. The van der Waals surface area contributed by atoms with Crippen molar-refractivity contribution in [2.24, 2.45) is 17.6 Å². The zero-order chi connectivity index (χ0) is 25.7. The summed E-state index contributed by atoms with van der Waals surface area (Å²) in [6.07, 6.45) is 1.52. The van der Waals surface area contributed by atoms with Crippen LogP contribution >= 0.6 is 0 Å². The molecule has 0 spiro atoms. The Morgan fingerprint density at radius 3 is 2.40 bits per heavy atom. The van der Waals surface area contributed by atoms with E-state index in [2.05, 4.69) is 4.98 Å². The predicted molar refractivity (Wildman–Crippen MR) is 128 cm³/mol. The zero-order valence-corrected chi connectivity index (χ0v) is 21.1. The Balaban J connectivity index is 1.91. The molecule has 4 amide bonds. The maximum absolute atomic E-state index is 13.6.